The summed E-state index contributed by atoms with van der Waals surface area (Å²) in [5.41, 5.74) is 1.03. The average Bonchev–Trinajstić information content (AvgIpc) is 2.26. The molecule has 1 aromatic rings. The molecule has 0 atom stereocenters. The largest absolute Gasteiger partial charge is 0.478 e. The predicted molar refractivity (Wildman–Crippen MR) is 62.4 cm³/mol. The van der Waals surface area contributed by atoms with E-state index in [1.54, 1.807) is 6.20 Å². The molecule has 0 spiro atoms. The second-order valence-corrected chi connectivity index (χ2v) is 3.65. The van der Waals surface area contributed by atoms with Crippen LogP contribution in [0.1, 0.15) is 25.8 Å². The lowest BCUT2D eigenvalue weighted by atomic mass is 10.2. The third kappa shape index (κ3) is 4.06. The number of ether oxygens (including phenoxy) is 1. The van der Waals surface area contributed by atoms with E-state index in [0.29, 0.717) is 17.5 Å². The topological polar surface area (TPSA) is 34.1 Å². The number of pyridine rings is 1. The minimum absolute atomic E-state index is 0.647. The maximum atomic E-state index is 6.01. The number of hydrogen-bond acceptors (Lipinski definition) is 3. The summed E-state index contributed by atoms with van der Waals surface area (Å²) in [5, 5.41) is 3.90. The van der Waals surface area contributed by atoms with Crippen molar-refractivity contribution in [1.82, 2.24) is 10.3 Å². The van der Waals surface area contributed by atoms with Gasteiger partial charge in [-0.2, -0.15) is 0 Å². The number of nitrogens with one attached hydrogen (secondary N) is 1. The second kappa shape index (κ2) is 6.64. The summed E-state index contributed by atoms with van der Waals surface area (Å²) >= 11 is 6.01. The Hall–Kier alpha value is -0.800. The second-order valence-electron chi connectivity index (χ2n) is 3.24. The van der Waals surface area contributed by atoms with Gasteiger partial charge < -0.3 is 10.1 Å². The summed E-state index contributed by atoms with van der Waals surface area (Å²) in [4.78, 5) is 4.10. The molecule has 0 aromatic carbocycles. The van der Waals surface area contributed by atoms with Crippen LogP contribution in [0.25, 0.3) is 0 Å². The smallest absolute Gasteiger partial charge is 0.213 e. The molecule has 1 aromatic heterocycles. The third-order valence-electron chi connectivity index (χ3n) is 1.93. The molecular formula is C11H17ClN2O. The average molecular weight is 229 g/mol. The van der Waals surface area contributed by atoms with Crippen LogP contribution in [0.2, 0.25) is 5.02 Å². The molecule has 0 saturated carbocycles. The van der Waals surface area contributed by atoms with E-state index < -0.39 is 0 Å². The molecule has 84 valence electrons. The first-order chi connectivity index (χ1) is 7.27. The van der Waals surface area contributed by atoms with E-state index in [9.17, 15) is 0 Å². The van der Waals surface area contributed by atoms with Crippen LogP contribution < -0.4 is 10.1 Å². The van der Waals surface area contributed by atoms with E-state index in [-0.39, 0.29) is 0 Å². The van der Waals surface area contributed by atoms with E-state index in [4.69, 9.17) is 16.3 Å². The monoisotopic (exact) mass is 228 g/mol. The fourth-order valence-corrected chi connectivity index (χ4v) is 1.31. The fourth-order valence-electron chi connectivity index (χ4n) is 1.14. The summed E-state index contributed by atoms with van der Waals surface area (Å²) in [6.45, 7) is 6.48. The van der Waals surface area contributed by atoms with Crippen LogP contribution in [0.5, 0.6) is 5.88 Å². The van der Waals surface area contributed by atoms with Gasteiger partial charge in [0.2, 0.25) is 5.88 Å². The zero-order valence-corrected chi connectivity index (χ0v) is 9.97. The lowest BCUT2D eigenvalue weighted by molar-refractivity contribution is 0.305. The highest BCUT2D eigenvalue weighted by molar-refractivity contribution is 6.31. The first-order valence-electron chi connectivity index (χ1n) is 5.25. The van der Waals surface area contributed by atoms with E-state index in [1.807, 2.05) is 6.07 Å². The van der Waals surface area contributed by atoms with Crippen molar-refractivity contribution in [3.63, 3.8) is 0 Å². The zero-order chi connectivity index (χ0) is 11.1. The first kappa shape index (κ1) is 12.3. The molecule has 0 saturated heterocycles. The van der Waals surface area contributed by atoms with Gasteiger partial charge >= 0.3 is 0 Å². The van der Waals surface area contributed by atoms with E-state index in [2.05, 4.69) is 24.1 Å². The molecule has 4 heteroatoms. The Morgan fingerprint density at radius 2 is 2.27 bits per heavy atom. The highest BCUT2D eigenvalue weighted by Gasteiger charge is 2.03. The molecule has 1 N–H and O–H groups in total. The van der Waals surface area contributed by atoms with Gasteiger partial charge in [0.05, 0.1) is 11.6 Å². The summed E-state index contributed by atoms with van der Waals surface area (Å²) < 4.78 is 5.43. The Morgan fingerprint density at radius 1 is 1.47 bits per heavy atom. The van der Waals surface area contributed by atoms with Crippen LogP contribution in [0.3, 0.4) is 0 Å². The highest BCUT2D eigenvalue weighted by Crippen LogP contribution is 2.19. The maximum Gasteiger partial charge on any atom is 0.213 e. The highest BCUT2D eigenvalue weighted by atomic mass is 35.5. The van der Waals surface area contributed by atoms with E-state index >= 15 is 0 Å². The molecule has 0 aliphatic heterocycles. The van der Waals surface area contributed by atoms with Crippen molar-refractivity contribution in [2.24, 2.45) is 0 Å². The molecule has 3 nitrogen and oxygen atoms in total. The van der Waals surface area contributed by atoms with Crippen LogP contribution in [0, 0.1) is 0 Å². The fraction of sp³-hybridized carbons (Fsp3) is 0.545. The van der Waals surface area contributed by atoms with Crippen molar-refractivity contribution < 1.29 is 4.74 Å². The minimum Gasteiger partial charge on any atom is -0.478 e. The number of hydrogen-bond donors (Lipinski definition) is 1. The van der Waals surface area contributed by atoms with Crippen molar-refractivity contribution in [3.05, 3.63) is 22.8 Å². The summed E-state index contributed by atoms with van der Waals surface area (Å²) in [6, 6.07) is 1.89. The van der Waals surface area contributed by atoms with Crippen LogP contribution in [0.15, 0.2) is 12.3 Å². The van der Waals surface area contributed by atoms with Gasteiger partial charge in [-0.25, -0.2) is 4.98 Å². The normalized spacial score (nSPS) is 10.3. The predicted octanol–water partition coefficient (Wildman–Crippen LogP) is 2.63. The van der Waals surface area contributed by atoms with Gasteiger partial charge in [0.15, 0.2) is 0 Å². The molecule has 1 heterocycles. The molecule has 0 fully saturated rings. The molecule has 0 aliphatic carbocycles. The molecule has 0 unspecified atom stereocenters. The Kier molecular flexibility index (Phi) is 5.43. The van der Waals surface area contributed by atoms with Crippen LogP contribution in [0.4, 0.5) is 0 Å². The number of halogens is 1. The van der Waals surface area contributed by atoms with Gasteiger partial charge in [-0.1, -0.05) is 25.4 Å². The molecule has 0 aliphatic rings. The van der Waals surface area contributed by atoms with E-state index in [0.717, 1.165) is 25.1 Å². The van der Waals surface area contributed by atoms with Crippen molar-refractivity contribution in [1.29, 1.82) is 0 Å². The SMILES string of the molecule is CCCOc1cc(CNCC)c(Cl)cn1. The van der Waals surface area contributed by atoms with Gasteiger partial charge in [-0.05, 0) is 18.5 Å². The maximum absolute atomic E-state index is 6.01. The standard InChI is InChI=1S/C11H17ClN2O/c1-3-5-15-11-6-9(7-13-4-2)10(12)8-14-11/h6,8,13H,3-5,7H2,1-2H3. The van der Waals surface area contributed by atoms with E-state index in [1.165, 1.54) is 0 Å². The van der Waals surface area contributed by atoms with Gasteiger partial charge in [0.1, 0.15) is 0 Å². The molecule has 0 amide bonds. The third-order valence-corrected chi connectivity index (χ3v) is 2.27. The summed E-state index contributed by atoms with van der Waals surface area (Å²) in [7, 11) is 0. The lowest BCUT2D eigenvalue weighted by Gasteiger charge is -2.08. The Bertz CT molecular complexity index is 305. The minimum atomic E-state index is 0.647. The molecule has 15 heavy (non-hydrogen) atoms. The first-order valence-corrected chi connectivity index (χ1v) is 5.63. The van der Waals surface area contributed by atoms with Crippen LogP contribution >= 0.6 is 11.6 Å². The van der Waals surface area contributed by atoms with Crippen molar-refractivity contribution >= 4 is 11.6 Å². The van der Waals surface area contributed by atoms with Gasteiger partial charge in [0, 0.05) is 18.8 Å². The van der Waals surface area contributed by atoms with Crippen molar-refractivity contribution in [3.8, 4) is 5.88 Å². The molecule has 0 radical (unpaired) electrons. The quantitative estimate of drug-likeness (QED) is 0.813. The molecular weight excluding hydrogens is 212 g/mol. The number of rotatable bonds is 6. The lowest BCUT2D eigenvalue weighted by Crippen LogP contribution is -2.12. The van der Waals surface area contributed by atoms with Crippen molar-refractivity contribution in [2.45, 2.75) is 26.8 Å². The van der Waals surface area contributed by atoms with Gasteiger partial charge in [-0.3, -0.25) is 0 Å². The van der Waals surface area contributed by atoms with Crippen molar-refractivity contribution in [2.75, 3.05) is 13.2 Å². The number of nitrogens with zero attached hydrogens (tertiary/aromatic N) is 1. The van der Waals surface area contributed by atoms with Crippen LogP contribution in [-0.2, 0) is 6.54 Å². The Labute approximate surface area is 95.8 Å². The Morgan fingerprint density at radius 3 is 2.93 bits per heavy atom. The summed E-state index contributed by atoms with van der Waals surface area (Å²) in [5.74, 6) is 0.647. The summed E-state index contributed by atoms with van der Waals surface area (Å²) in [6.07, 6.45) is 2.62. The molecule has 1 rings (SSSR count). The van der Waals surface area contributed by atoms with Gasteiger partial charge in [0.25, 0.3) is 0 Å². The number of aromatic nitrogens is 1. The van der Waals surface area contributed by atoms with Crippen LogP contribution in [-0.4, -0.2) is 18.1 Å². The molecule has 0 bridgehead atoms. The Balaban J connectivity index is 2.66. The van der Waals surface area contributed by atoms with Gasteiger partial charge in [-0.15, -0.1) is 0 Å². The zero-order valence-electron chi connectivity index (χ0n) is 9.22.